The van der Waals surface area contributed by atoms with Gasteiger partial charge in [0.2, 0.25) is 5.91 Å². The first-order valence-corrected chi connectivity index (χ1v) is 11.6. The Balaban J connectivity index is 1.15. The second-order valence-corrected chi connectivity index (χ2v) is 9.32. The summed E-state index contributed by atoms with van der Waals surface area (Å²) in [5.74, 6) is 1.18. The van der Waals surface area contributed by atoms with Crippen molar-refractivity contribution in [2.24, 2.45) is 17.8 Å². The number of nitrogens with zero attached hydrogens (tertiary/aromatic N) is 2. The van der Waals surface area contributed by atoms with Gasteiger partial charge in [0.05, 0.1) is 30.4 Å². The van der Waals surface area contributed by atoms with Crippen molar-refractivity contribution in [1.82, 2.24) is 15.1 Å². The molecule has 1 aromatic carbocycles. The Kier molecular flexibility index (Phi) is 6.28. The Hall–Kier alpha value is -2.64. The van der Waals surface area contributed by atoms with E-state index in [1.807, 2.05) is 23.1 Å². The van der Waals surface area contributed by atoms with Crippen LogP contribution in [-0.4, -0.2) is 67.6 Å². The molecule has 3 unspecified atom stereocenters. The largest absolute Gasteiger partial charge is 0.472 e. The van der Waals surface area contributed by atoms with E-state index in [4.69, 9.17) is 9.15 Å². The lowest BCUT2D eigenvalue weighted by molar-refractivity contribution is -0.125. The van der Waals surface area contributed by atoms with Crippen LogP contribution in [0.15, 0.2) is 53.3 Å². The number of amides is 2. The molecule has 7 nitrogen and oxygen atoms in total. The fourth-order valence-electron chi connectivity index (χ4n) is 5.36. The molecule has 7 heteroatoms. The molecule has 2 amide bonds. The van der Waals surface area contributed by atoms with Gasteiger partial charge in [-0.2, -0.15) is 0 Å². The van der Waals surface area contributed by atoms with Crippen LogP contribution in [0.4, 0.5) is 0 Å². The zero-order valence-corrected chi connectivity index (χ0v) is 18.3. The van der Waals surface area contributed by atoms with Crippen molar-refractivity contribution in [1.29, 1.82) is 0 Å². The number of likely N-dealkylation sites (tertiary alicyclic amines) is 2. The molecule has 0 aliphatic carbocycles. The van der Waals surface area contributed by atoms with Crippen LogP contribution in [-0.2, 0) is 9.53 Å². The number of hydrogen-bond donors (Lipinski definition) is 1. The van der Waals surface area contributed by atoms with E-state index < -0.39 is 0 Å². The Labute approximate surface area is 188 Å². The van der Waals surface area contributed by atoms with Crippen LogP contribution in [0.2, 0.25) is 0 Å². The molecule has 0 spiro atoms. The van der Waals surface area contributed by atoms with E-state index >= 15 is 0 Å². The fourth-order valence-corrected chi connectivity index (χ4v) is 5.36. The number of furan rings is 1. The Morgan fingerprint density at radius 1 is 1.06 bits per heavy atom. The molecule has 2 aromatic rings. The van der Waals surface area contributed by atoms with Gasteiger partial charge in [-0.3, -0.25) is 9.59 Å². The number of rotatable bonds is 7. The maximum Gasteiger partial charge on any atom is 0.257 e. The zero-order chi connectivity index (χ0) is 21.9. The van der Waals surface area contributed by atoms with Crippen LogP contribution in [0.1, 0.15) is 34.8 Å². The van der Waals surface area contributed by atoms with Crippen molar-refractivity contribution in [3.05, 3.63) is 60.1 Å². The maximum atomic E-state index is 12.7. The molecule has 3 aliphatic heterocycles. The molecule has 3 aliphatic rings. The first-order chi connectivity index (χ1) is 15.7. The Morgan fingerprint density at radius 3 is 2.50 bits per heavy atom. The van der Waals surface area contributed by atoms with Gasteiger partial charge in [0.25, 0.3) is 5.91 Å². The van der Waals surface area contributed by atoms with Gasteiger partial charge in [-0.25, -0.2) is 0 Å². The number of carbonyl (C=O) groups is 2. The number of carbonyl (C=O) groups excluding carboxylic acids is 2. The lowest BCUT2D eigenvalue weighted by atomic mass is 10.0. The van der Waals surface area contributed by atoms with Gasteiger partial charge in [0, 0.05) is 39.3 Å². The van der Waals surface area contributed by atoms with Crippen molar-refractivity contribution in [3.8, 4) is 0 Å². The van der Waals surface area contributed by atoms with Crippen molar-refractivity contribution in [3.63, 3.8) is 0 Å². The first-order valence-electron chi connectivity index (χ1n) is 11.6. The first kappa shape index (κ1) is 21.2. The fraction of sp³-hybridized carbons (Fsp3) is 0.520. The Bertz CT molecular complexity index is 897. The summed E-state index contributed by atoms with van der Waals surface area (Å²) < 4.78 is 10.5. The quantitative estimate of drug-likeness (QED) is 0.721. The predicted molar refractivity (Wildman–Crippen MR) is 119 cm³/mol. The molecule has 1 aromatic heterocycles. The van der Waals surface area contributed by atoms with Crippen molar-refractivity contribution in [2.75, 3.05) is 45.9 Å². The van der Waals surface area contributed by atoms with E-state index in [1.165, 1.54) is 6.26 Å². The van der Waals surface area contributed by atoms with E-state index in [2.05, 4.69) is 22.3 Å². The summed E-state index contributed by atoms with van der Waals surface area (Å²) in [6, 6.07) is 12.0. The van der Waals surface area contributed by atoms with Crippen LogP contribution in [0.5, 0.6) is 0 Å². The third kappa shape index (κ3) is 4.59. The average Bonchev–Trinajstić information content (AvgIpc) is 3.60. The van der Waals surface area contributed by atoms with Crippen molar-refractivity contribution < 1.29 is 18.7 Å². The van der Waals surface area contributed by atoms with Crippen molar-refractivity contribution >= 4 is 11.8 Å². The molecule has 1 N–H and O–H groups in total. The van der Waals surface area contributed by atoms with E-state index in [0.717, 1.165) is 51.1 Å². The van der Waals surface area contributed by atoms with Gasteiger partial charge in [-0.1, -0.05) is 30.3 Å². The minimum absolute atomic E-state index is 0.00362. The molecular weight excluding hydrogens is 406 g/mol. The van der Waals surface area contributed by atoms with Crippen molar-refractivity contribution in [2.45, 2.75) is 18.9 Å². The topological polar surface area (TPSA) is 75.0 Å². The number of ether oxygens (including phenoxy) is 1. The summed E-state index contributed by atoms with van der Waals surface area (Å²) in [6.07, 6.45) is 4.75. The van der Waals surface area contributed by atoms with Gasteiger partial charge < -0.3 is 24.3 Å². The smallest absolute Gasteiger partial charge is 0.257 e. The van der Waals surface area contributed by atoms with Crippen LogP contribution in [0.25, 0.3) is 0 Å². The molecule has 0 bridgehead atoms. The van der Waals surface area contributed by atoms with Crippen LogP contribution in [0, 0.1) is 17.8 Å². The number of fused-ring (bicyclic) bond motifs is 1. The third-order valence-electron chi connectivity index (χ3n) is 7.17. The highest BCUT2D eigenvalue weighted by molar-refractivity contribution is 5.94. The van der Waals surface area contributed by atoms with Gasteiger partial charge >= 0.3 is 0 Å². The second kappa shape index (κ2) is 9.46. The van der Waals surface area contributed by atoms with Gasteiger partial charge in [-0.05, 0) is 36.3 Å². The van der Waals surface area contributed by atoms with E-state index in [9.17, 15) is 9.59 Å². The van der Waals surface area contributed by atoms with Crippen LogP contribution < -0.4 is 5.32 Å². The molecule has 32 heavy (non-hydrogen) atoms. The number of benzene rings is 1. The number of hydrogen-bond acceptors (Lipinski definition) is 5. The zero-order valence-electron chi connectivity index (χ0n) is 18.3. The molecule has 170 valence electrons. The van der Waals surface area contributed by atoms with E-state index in [1.54, 1.807) is 12.3 Å². The minimum atomic E-state index is -0.0360. The van der Waals surface area contributed by atoms with E-state index in [0.29, 0.717) is 30.6 Å². The number of nitrogens with one attached hydrogen (secondary N) is 1. The molecule has 0 radical (unpaired) electrons. The normalized spacial score (nSPS) is 26.2. The highest BCUT2D eigenvalue weighted by atomic mass is 16.5. The predicted octanol–water partition coefficient (Wildman–Crippen LogP) is 2.57. The molecule has 3 fully saturated rings. The lowest BCUT2D eigenvalue weighted by Crippen LogP contribution is -2.37. The molecule has 4 atom stereocenters. The average molecular weight is 438 g/mol. The van der Waals surface area contributed by atoms with E-state index in [-0.39, 0.29) is 23.8 Å². The van der Waals surface area contributed by atoms with Gasteiger partial charge in [0.1, 0.15) is 6.26 Å². The summed E-state index contributed by atoms with van der Waals surface area (Å²) in [5.41, 5.74) is 1.78. The summed E-state index contributed by atoms with van der Waals surface area (Å²) in [7, 11) is 0. The van der Waals surface area contributed by atoms with Crippen LogP contribution >= 0.6 is 0 Å². The molecule has 5 rings (SSSR count). The monoisotopic (exact) mass is 437 g/mol. The SMILES string of the molecule is O=C(N[C@@H](CCN1CC2CN(C(=O)c3ccoc3)CC2C1)c1ccccc1)C1CCOC1. The second-order valence-electron chi connectivity index (χ2n) is 9.32. The molecule has 3 saturated heterocycles. The molecular formula is C25H31N3O4. The summed E-state index contributed by atoms with van der Waals surface area (Å²) in [4.78, 5) is 29.8. The lowest BCUT2D eigenvalue weighted by Gasteiger charge is -2.25. The Morgan fingerprint density at radius 2 is 1.84 bits per heavy atom. The summed E-state index contributed by atoms with van der Waals surface area (Å²) in [6.45, 7) is 5.76. The standard InChI is InChI=1S/C25H31N3O4/c29-24(19-7-10-31-16-19)26-23(18-4-2-1-3-5-18)6-9-27-12-21-14-28(15-22(21)13-27)25(30)20-8-11-32-17-20/h1-5,8,11,17,19,21-23H,6-7,9-10,12-16H2,(H,26,29)/t19?,21?,22?,23-/m0/s1. The summed E-state index contributed by atoms with van der Waals surface area (Å²) in [5, 5.41) is 3.28. The van der Waals surface area contributed by atoms with Gasteiger partial charge in [-0.15, -0.1) is 0 Å². The molecule has 0 saturated carbocycles. The highest BCUT2D eigenvalue weighted by Crippen LogP contribution is 2.32. The minimum Gasteiger partial charge on any atom is -0.472 e. The maximum absolute atomic E-state index is 12.7. The summed E-state index contributed by atoms with van der Waals surface area (Å²) >= 11 is 0. The van der Waals surface area contributed by atoms with Crippen LogP contribution in [0.3, 0.4) is 0 Å². The van der Waals surface area contributed by atoms with Gasteiger partial charge in [0.15, 0.2) is 0 Å². The third-order valence-corrected chi connectivity index (χ3v) is 7.17. The highest BCUT2D eigenvalue weighted by Gasteiger charge is 2.41. The molecule has 4 heterocycles.